The number of nitrogens with one attached hydrogen (secondary N) is 1. The van der Waals surface area contributed by atoms with E-state index in [2.05, 4.69) is 5.32 Å². The Labute approximate surface area is 110 Å². The fraction of sp³-hybridized carbons (Fsp3) is 0.500. The Hall–Kier alpha value is -1.40. The molecule has 1 aromatic rings. The molecule has 0 saturated heterocycles. The van der Waals surface area contributed by atoms with Crippen molar-refractivity contribution in [2.45, 2.75) is 26.3 Å². The summed E-state index contributed by atoms with van der Waals surface area (Å²) in [5, 5.41) is 11.6. The normalized spacial score (nSPS) is 14.0. The molecule has 1 amide bonds. The van der Waals surface area contributed by atoms with Crippen molar-refractivity contribution in [3.8, 4) is 0 Å². The summed E-state index contributed by atoms with van der Waals surface area (Å²) in [6.45, 7) is 5.16. The number of carboxylic acid groups (broad SMARTS) is 1. The van der Waals surface area contributed by atoms with Gasteiger partial charge >= 0.3 is 5.97 Å². The second-order valence-corrected chi connectivity index (χ2v) is 5.63. The molecule has 1 rings (SSSR count). The molecule has 1 aromatic heterocycles. The van der Waals surface area contributed by atoms with Crippen LogP contribution in [0.1, 0.15) is 27.0 Å². The highest BCUT2D eigenvalue weighted by atomic mass is 32.1. The predicted molar refractivity (Wildman–Crippen MR) is 69.2 cm³/mol. The first kappa shape index (κ1) is 14.7. The zero-order chi connectivity index (χ0) is 13.9. The van der Waals surface area contributed by atoms with Crippen molar-refractivity contribution in [1.29, 1.82) is 0 Å². The molecule has 0 aromatic carbocycles. The summed E-state index contributed by atoms with van der Waals surface area (Å²) in [5.74, 6) is -1.51. The van der Waals surface area contributed by atoms with Crippen molar-refractivity contribution in [2.24, 2.45) is 0 Å². The molecule has 2 N–H and O–H groups in total. The van der Waals surface area contributed by atoms with Crippen LogP contribution in [0.5, 0.6) is 0 Å². The van der Waals surface area contributed by atoms with Crippen LogP contribution in [0.15, 0.2) is 6.07 Å². The Morgan fingerprint density at radius 2 is 2.11 bits per heavy atom. The van der Waals surface area contributed by atoms with Gasteiger partial charge in [0.25, 0.3) is 5.91 Å². The third-order valence-corrected chi connectivity index (χ3v) is 3.84. The molecule has 100 valence electrons. The van der Waals surface area contributed by atoms with Gasteiger partial charge in [-0.2, -0.15) is 0 Å². The number of amides is 1. The minimum Gasteiger partial charge on any atom is -0.479 e. The summed E-state index contributed by atoms with van der Waals surface area (Å²) in [4.78, 5) is 24.7. The number of hydrogen-bond acceptors (Lipinski definition) is 4. The second kappa shape index (κ2) is 5.49. The monoisotopic (exact) mass is 271 g/mol. The van der Waals surface area contributed by atoms with E-state index in [1.165, 1.54) is 25.4 Å². The summed E-state index contributed by atoms with van der Waals surface area (Å²) < 4.78 is 4.84. The standard InChI is InChI=1S/C12H17NO4S/c1-7-5-9(18-8(7)2)10(14)13-12(3,6-17-4)11(15)16/h5H,6H2,1-4H3,(H,13,14)(H,15,16). The Morgan fingerprint density at radius 3 is 2.50 bits per heavy atom. The average molecular weight is 271 g/mol. The highest BCUT2D eigenvalue weighted by molar-refractivity contribution is 7.14. The quantitative estimate of drug-likeness (QED) is 0.852. The molecule has 0 radical (unpaired) electrons. The van der Waals surface area contributed by atoms with Crippen LogP contribution in [-0.2, 0) is 9.53 Å². The van der Waals surface area contributed by atoms with E-state index in [9.17, 15) is 9.59 Å². The van der Waals surface area contributed by atoms with E-state index in [1.54, 1.807) is 6.07 Å². The topological polar surface area (TPSA) is 75.6 Å². The Morgan fingerprint density at radius 1 is 1.50 bits per heavy atom. The SMILES string of the molecule is COCC(C)(NC(=O)c1cc(C)c(C)s1)C(=O)O. The van der Waals surface area contributed by atoms with Gasteiger partial charge in [-0.05, 0) is 32.4 Å². The third-order valence-electron chi connectivity index (χ3n) is 2.68. The number of methoxy groups -OCH3 is 1. The van der Waals surface area contributed by atoms with Gasteiger partial charge in [0, 0.05) is 12.0 Å². The van der Waals surface area contributed by atoms with Crippen molar-refractivity contribution in [3.05, 3.63) is 21.4 Å². The van der Waals surface area contributed by atoms with Gasteiger partial charge in [0.05, 0.1) is 11.5 Å². The van der Waals surface area contributed by atoms with Gasteiger partial charge in [-0.3, -0.25) is 4.79 Å². The minimum absolute atomic E-state index is 0.0859. The largest absolute Gasteiger partial charge is 0.479 e. The Bertz CT molecular complexity index is 449. The molecule has 1 atom stereocenters. The molecule has 0 bridgehead atoms. The fourth-order valence-corrected chi connectivity index (χ4v) is 2.37. The fourth-order valence-electron chi connectivity index (χ4n) is 1.44. The number of ether oxygens (including phenoxy) is 1. The van der Waals surface area contributed by atoms with Crippen LogP contribution in [0.4, 0.5) is 0 Å². The maximum Gasteiger partial charge on any atom is 0.331 e. The summed E-state index contributed by atoms with van der Waals surface area (Å²) in [7, 11) is 1.40. The number of carbonyl (C=O) groups is 2. The number of carbonyl (C=O) groups excluding carboxylic acids is 1. The van der Waals surface area contributed by atoms with Crippen LogP contribution in [0, 0.1) is 13.8 Å². The molecule has 6 heteroatoms. The number of carboxylic acids is 1. The lowest BCUT2D eigenvalue weighted by Crippen LogP contribution is -2.55. The van der Waals surface area contributed by atoms with Crippen LogP contribution in [-0.4, -0.2) is 36.2 Å². The van der Waals surface area contributed by atoms with Gasteiger partial charge in [0.2, 0.25) is 0 Å². The van der Waals surface area contributed by atoms with E-state index >= 15 is 0 Å². The van der Waals surface area contributed by atoms with Crippen molar-refractivity contribution in [3.63, 3.8) is 0 Å². The minimum atomic E-state index is -1.42. The second-order valence-electron chi connectivity index (χ2n) is 4.37. The first-order valence-corrected chi connectivity index (χ1v) is 6.23. The molecule has 18 heavy (non-hydrogen) atoms. The van der Waals surface area contributed by atoms with Crippen LogP contribution < -0.4 is 5.32 Å². The van der Waals surface area contributed by atoms with E-state index in [0.29, 0.717) is 4.88 Å². The number of aliphatic carboxylic acids is 1. The van der Waals surface area contributed by atoms with Crippen LogP contribution in [0.2, 0.25) is 0 Å². The first-order valence-electron chi connectivity index (χ1n) is 5.42. The zero-order valence-electron chi connectivity index (χ0n) is 10.9. The molecular formula is C12H17NO4S. The molecule has 0 spiro atoms. The van der Waals surface area contributed by atoms with Gasteiger partial charge in [0.1, 0.15) is 0 Å². The van der Waals surface area contributed by atoms with Gasteiger partial charge < -0.3 is 15.2 Å². The Balaban J connectivity index is 2.88. The smallest absolute Gasteiger partial charge is 0.331 e. The summed E-state index contributed by atoms with van der Waals surface area (Å²) >= 11 is 1.35. The maximum atomic E-state index is 12.0. The Kier molecular flexibility index (Phi) is 4.48. The molecule has 0 fully saturated rings. The summed E-state index contributed by atoms with van der Waals surface area (Å²) in [6, 6.07) is 1.75. The molecule has 0 aliphatic heterocycles. The number of rotatable bonds is 5. The number of hydrogen-bond donors (Lipinski definition) is 2. The lowest BCUT2D eigenvalue weighted by molar-refractivity contribution is -0.145. The van der Waals surface area contributed by atoms with Crippen molar-refractivity contribution < 1.29 is 19.4 Å². The van der Waals surface area contributed by atoms with E-state index in [-0.39, 0.29) is 6.61 Å². The zero-order valence-corrected chi connectivity index (χ0v) is 11.7. The molecule has 5 nitrogen and oxygen atoms in total. The van der Waals surface area contributed by atoms with Gasteiger partial charge in [-0.1, -0.05) is 0 Å². The average Bonchev–Trinajstić information content (AvgIpc) is 2.59. The lowest BCUT2D eigenvalue weighted by Gasteiger charge is -2.24. The predicted octanol–water partition coefficient (Wildman–Crippen LogP) is 1.58. The van der Waals surface area contributed by atoms with E-state index in [0.717, 1.165) is 10.4 Å². The first-order chi connectivity index (χ1) is 8.30. The number of aryl methyl sites for hydroxylation is 2. The molecule has 0 saturated carbocycles. The lowest BCUT2D eigenvalue weighted by atomic mass is 10.0. The van der Waals surface area contributed by atoms with E-state index in [1.807, 2.05) is 13.8 Å². The third kappa shape index (κ3) is 3.08. The maximum absolute atomic E-state index is 12.0. The molecule has 1 unspecified atom stereocenters. The van der Waals surface area contributed by atoms with E-state index in [4.69, 9.17) is 9.84 Å². The molecule has 1 heterocycles. The number of thiophene rings is 1. The summed E-state index contributed by atoms with van der Waals surface area (Å²) in [6.07, 6.45) is 0. The van der Waals surface area contributed by atoms with Gasteiger partial charge in [-0.25, -0.2) is 4.79 Å². The van der Waals surface area contributed by atoms with Crippen molar-refractivity contribution >= 4 is 23.2 Å². The highest BCUT2D eigenvalue weighted by Crippen LogP contribution is 2.21. The molecule has 0 aliphatic carbocycles. The van der Waals surface area contributed by atoms with E-state index < -0.39 is 17.4 Å². The highest BCUT2D eigenvalue weighted by Gasteiger charge is 2.35. The van der Waals surface area contributed by atoms with Crippen LogP contribution >= 0.6 is 11.3 Å². The van der Waals surface area contributed by atoms with Gasteiger partial charge in [0.15, 0.2) is 5.54 Å². The molecular weight excluding hydrogens is 254 g/mol. The van der Waals surface area contributed by atoms with Crippen LogP contribution in [0.3, 0.4) is 0 Å². The van der Waals surface area contributed by atoms with Crippen molar-refractivity contribution in [1.82, 2.24) is 5.32 Å². The molecule has 0 aliphatic rings. The van der Waals surface area contributed by atoms with Crippen LogP contribution in [0.25, 0.3) is 0 Å². The van der Waals surface area contributed by atoms with Gasteiger partial charge in [-0.15, -0.1) is 11.3 Å². The van der Waals surface area contributed by atoms with Crippen molar-refractivity contribution in [2.75, 3.05) is 13.7 Å². The summed E-state index contributed by atoms with van der Waals surface area (Å²) in [5.41, 5.74) is -0.397.